The molecule has 1 aliphatic rings. The van der Waals surface area contributed by atoms with Crippen LogP contribution in [0.1, 0.15) is 76.3 Å². The number of para-hydroxylation sites is 1. The number of thiazole rings is 1. The number of rotatable bonds is 4. The second kappa shape index (κ2) is 8.71. The SMILES string of the molecule is CCOC(=O)c1sc(N2C(=O)c3oc4ccccc4c(=O)c3C2c2ccc(C(C)(C)C)cc2)nc1C. The fourth-order valence-electron chi connectivity index (χ4n) is 4.47. The van der Waals surface area contributed by atoms with E-state index in [0.717, 1.165) is 22.5 Å². The van der Waals surface area contributed by atoms with Crippen molar-refractivity contribution in [2.75, 3.05) is 11.5 Å². The van der Waals surface area contributed by atoms with Gasteiger partial charge in [-0.05, 0) is 42.5 Å². The van der Waals surface area contributed by atoms with Crippen LogP contribution in [-0.4, -0.2) is 23.5 Å². The molecule has 36 heavy (non-hydrogen) atoms. The van der Waals surface area contributed by atoms with Crippen LogP contribution >= 0.6 is 11.3 Å². The van der Waals surface area contributed by atoms with E-state index < -0.39 is 17.9 Å². The van der Waals surface area contributed by atoms with Gasteiger partial charge in [0.1, 0.15) is 10.5 Å². The number of benzene rings is 2. The van der Waals surface area contributed by atoms with Crippen molar-refractivity contribution in [1.82, 2.24) is 4.98 Å². The molecule has 3 heterocycles. The van der Waals surface area contributed by atoms with Crippen molar-refractivity contribution in [3.8, 4) is 0 Å². The van der Waals surface area contributed by atoms with Gasteiger partial charge in [-0.25, -0.2) is 9.78 Å². The Morgan fingerprint density at radius 3 is 2.47 bits per heavy atom. The molecule has 0 saturated heterocycles. The first-order valence-corrected chi connectivity index (χ1v) is 12.6. The first-order valence-electron chi connectivity index (χ1n) is 11.8. The number of amides is 1. The number of hydrogen-bond acceptors (Lipinski definition) is 7. The number of nitrogens with zero attached hydrogens (tertiary/aromatic N) is 2. The normalized spacial score (nSPS) is 15.4. The zero-order chi connectivity index (χ0) is 25.8. The maximum atomic E-state index is 13.8. The molecule has 0 saturated carbocycles. The Bertz CT molecular complexity index is 1560. The first kappa shape index (κ1) is 23.9. The molecule has 0 fully saturated rings. The molecule has 2 aromatic heterocycles. The molecule has 8 heteroatoms. The minimum atomic E-state index is -0.747. The number of carbonyl (C=O) groups excluding carboxylic acids is 2. The van der Waals surface area contributed by atoms with E-state index in [-0.39, 0.29) is 28.8 Å². The summed E-state index contributed by atoms with van der Waals surface area (Å²) < 4.78 is 11.2. The average molecular weight is 503 g/mol. The molecule has 0 spiro atoms. The van der Waals surface area contributed by atoms with Gasteiger partial charge in [0.25, 0.3) is 5.91 Å². The number of ether oxygens (including phenoxy) is 1. The van der Waals surface area contributed by atoms with Crippen LogP contribution in [0.15, 0.2) is 57.7 Å². The Balaban J connectivity index is 1.72. The van der Waals surface area contributed by atoms with Crippen molar-refractivity contribution in [2.45, 2.75) is 46.1 Å². The maximum absolute atomic E-state index is 13.8. The van der Waals surface area contributed by atoms with Crippen molar-refractivity contribution < 1.29 is 18.7 Å². The van der Waals surface area contributed by atoms with Gasteiger partial charge in [0.05, 0.1) is 29.3 Å². The lowest BCUT2D eigenvalue weighted by Gasteiger charge is -2.24. The number of hydrogen-bond donors (Lipinski definition) is 0. The summed E-state index contributed by atoms with van der Waals surface area (Å²) in [6.45, 7) is 10.0. The molecule has 2 aromatic carbocycles. The van der Waals surface area contributed by atoms with E-state index in [2.05, 4.69) is 25.8 Å². The highest BCUT2D eigenvalue weighted by molar-refractivity contribution is 7.17. The molecule has 0 aliphatic carbocycles. The Kier molecular flexibility index (Phi) is 5.79. The molecule has 5 rings (SSSR count). The zero-order valence-corrected chi connectivity index (χ0v) is 21.6. The topological polar surface area (TPSA) is 89.7 Å². The van der Waals surface area contributed by atoms with Gasteiger partial charge >= 0.3 is 5.97 Å². The summed E-state index contributed by atoms with van der Waals surface area (Å²) in [5, 5.41) is 0.713. The maximum Gasteiger partial charge on any atom is 0.350 e. The van der Waals surface area contributed by atoms with Crippen molar-refractivity contribution in [3.05, 3.63) is 91.8 Å². The number of aryl methyl sites for hydroxylation is 1. The molecule has 1 aliphatic heterocycles. The van der Waals surface area contributed by atoms with Gasteiger partial charge in [0, 0.05) is 0 Å². The fraction of sp³-hybridized carbons (Fsp3) is 0.286. The number of fused-ring (bicyclic) bond motifs is 2. The smallest absolute Gasteiger partial charge is 0.350 e. The quantitative estimate of drug-likeness (QED) is 0.329. The summed E-state index contributed by atoms with van der Waals surface area (Å²) in [6, 6.07) is 14.0. The van der Waals surface area contributed by atoms with Gasteiger partial charge in [-0.3, -0.25) is 14.5 Å². The summed E-state index contributed by atoms with van der Waals surface area (Å²) in [4.78, 5) is 46.2. The standard InChI is InChI=1S/C28H26N2O5S/c1-6-34-26(33)24-15(2)29-27(36-24)30-21(16-11-13-17(14-12-16)28(3,4)5)20-22(31)18-9-7-8-10-19(18)35-23(20)25(30)32/h7-14,21H,6H2,1-5H3. The summed E-state index contributed by atoms with van der Waals surface area (Å²) >= 11 is 1.07. The molecule has 0 N–H and O–H groups in total. The van der Waals surface area contributed by atoms with Gasteiger partial charge in [-0.15, -0.1) is 0 Å². The van der Waals surface area contributed by atoms with Crippen LogP contribution < -0.4 is 10.3 Å². The number of esters is 1. The van der Waals surface area contributed by atoms with Crippen molar-refractivity contribution in [1.29, 1.82) is 0 Å². The predicted molar refractivity (Wildman–Crippen MR) is 139 cm³/mol. The van der Waals surface area contributed by atoms with Gasteiger partial charge in [0.15, 0.2) is 10.6 Å². The molecular formula is C28H26N2O5S. The van der Waals surface area contributed by atoms with Crippen LogP contribution in [0.5, 0.6) is 0 Å². The molecule has 0 radical (unpaired) electrons. The molecule has 0 bridgehead atoms. The summed E-state index contributed by atoms with van der Waals surface area (Å²) in [6.07, 6.45) is 0. The highest BCUT2D eigenvalue weighted by Gasteiger charge is 2.45. The number of aromatic nitrogens is 1. The second-order valence-corrected chi connectivity index (χ2v) is 10.7. The van der Waals surface area contributed by atoms with E-state index in [4.69, 9.17) is 9.15 Å². The fourth-order valence-corrected chi connectivity index (χ4v) is 5.46. The average Bonchev–Trinajstić information content (AvgIpc) is 3.36. The number of carbonyl (C=O) groups is 2. The lowest BCUT2D eigenvalue weighted by Crippen LogP contribution is -2.29. The summed E-state index contributed by atoms with van der Waals surface area (Å²) in [5.74, 6) is -0.968. The van der Waals surface area contributed by atoms with E-state index in [0.29, 0.717) is 26.7 Å². The third-order valence-electron chi connectivity index (χ3n) is 6.32. The van der Waals surface area contributed by atoms with Gasteiger partial charge < -0.3 is 9.15 Å². The van der Waals surface area contributed by atoms with E-state index >= 15 is 0 Å². The van der Waals surface area contributed by atoms with E-state index in [1.54, 1.807) is 38.1 Å². The van der Waals surface area contributed by atoms with Gasteiger partial charge in [0.2, 0.25) is 5.76 Å². The third-order valence-corrected chi connectivity index (χ3v) is 7.46. The predicted octanol–water partition coefficient (Wildman–Crippen LogP) is 5.78. The zero-order valence-electron chi connectivity index (χ0n) is 20.7. The van der Waals surface area contributed by atoms with E-state index in [1.165, 1.54) is 4.90 Å². The van der Waals surface area contributed by atoms with Crippen LogP contribution in [0.4, 0.5) is 5.13 Å². The van der Waals surface area contributed by atoms with Crippen molar-refractivity contribution in [3.63, 3.8) is 0 Å². The number of anilines is 1. The van der Waals surface area contributed by atoms with Crippen LogP contribution in [0.3, 0.4) is 0 Å². The highest BCUT2D eigenvalue weighted by Crippen LogP contribution is 2.43. The minimum absolute atomic E-state index is 0.00543. The van der Waals surface area contributed by atoms with Gasteiger partial charge in [-0.2, -0.15) is 0 Å². The van der Waals surface area contributed by atoms with Crippen molar-refractivity contribution >= 4 is 39.3 Å². The molecule has 7 nitrogen and oxygen atoms in total. The molecule has 4 aromatic rings. The minimum Gasteiger partial charge on any atom is -0.462 e. The van der Waals surface area contributed by atoms with Crippen LogP contribution in [0, 0.1) is 6.92 Å². The Labute approximate surface area is 212 Å². The first-order chi connectivity index (χ1) is 17.1. The summed E-state index contributed by atoms with van der Waals surface area (Å²) in [7, 11) is 0. The molecular weight excluding hydrogens is 476 g/mol. The molecule has 1 amide bonds. The molecule has 1 atom stereocenters. The summed E-state index contributed by atoms with van der Waals surface area (Å²) in [5.41, 5.74) is 2.65. The van der Waals surface area contributed by atoms with Crippen molar-refractivity contribution in [2.24, 2.45) is 0 Å². The lowest BCUT2D eigenvalue weighted by atomic mass is 9.86. The van der Waals surface area contributed by atoms with Gasteiger partial charge in [-0.1, -0.05) is 68.5 Å². The monoisotopic (exact) mass is 502 g/mol. The van der Waals surface area contributed by atoms with E-state index in [1.807, 2.05) is 24.3 Å². The largest absolute Gasteiger partial charge is 0.462 e. The van der Waals surface area contributed by atoms with E-state index in [9.17, 15) is 14.4 Å². The Morgan fingerprint density at radius 1 is 1.11 bits per heavy atom. The highest BCUT2D eigenvalue weighted by atomic mass is 32.1. The van der Waals surface area contributed by atoms with Crippen LogP contribution in [0.2, 0.25) is 0 Å². The molecule has 1 unspecified atom stereocenters. The Morgan fingerprint density at radius 2 is 1.81 bits per heavy atom. The second-order valence-electron chi connectivity index (χ2n) is 9.75. The Hall–Kier alpha value is -3.78. The lowest BCUT2D eigenvalue weighted by molar-refractivity contribution is 0.0531. The third kappa shape index (κ3) is 3.82. The molecule has 184 valence electrons. The van der Waals surface area contributed by atoms with Crippen LogP contribution in [0.25, 0.3) is 11.0 Å². The van der Waals surface area contributed by atoms with Crippen LogP contribution in [-0.2, 0) is 10.2 Å².